The van der Waals surface area contributed by atoms with Crippen LogP contribution in [0.15, 0.2) is 24.3 Å². The molecule has 0 spiro atoms. The maximum Gasteiger partial charge on any atom is 0.0409 e. The highest BCUT2D eigenvalue weighted by atomic mass is 35.5. The Hall–Kier alpha value is -0.240. The van der Waals surface area contributed by atoms with Crippen molar-refractivity contribution < 1.29 is 0 Å². The molecular formula is C14H19Cl2N. The van der Waals surface area contributed by atoms with Crippen LogP contribution in [-0.4, -0.2) is 23.9 Å². The Kier molecular flexibility index (Phi) is 5.15. The molecule has 0 bridgehead atoms. The molecule has 1 aliphatic rings. The van der Waals surface area contributed by atoms with Crippen molar-refractivity contribution in [1.29, 1.82) is 0 Å². The van der Waals surface area contributed by atoms with Gasteiger partial charge in [0.05, 0.1) is 0 Å². The molecule has 0 aliphatic carbocycles. The SMILES string of the molecule is ClCCC1CCCN(Cc2cccc(Cl)c2)C1. The van der Waals surface area contributed by atoms with E-state index in [1.54, 1.807) is 0 Å². The standard InChI is InChI=1S/C14H19Cl2N/c15-7-6-12-4-2-8-17(10-12)11-13-3-1-5-14(16)9-13/h1,3,5,9,12H,2,4,6-8,10-11H2. The van der Waals surface area contributed by atoms with Gasteiger partial charge >= 0.3 is 0 Å². The summed E-state index contributed by atoms with van der Waals surface area (Å²) < 4.78 is 0. The smallest absolute Gasteiger partial charge is 0.0409 e. The summed E-state index contributed by atoms with van der Waals surface area (Å²) in [4.78, 5) is 2.52. The lowest BCUT2D eigenvalue weighted by atomic mass is 9.95. The number of nitrogens with zero attached hydrogens (tertiary/aromatic N) is 1. The first kappa shape index (κ1) is 13.2. The summed E-state index contributed by atoms with van der Waals surface area (Å²) >= 11 is 11.8. The van der Waals surface area contributed by atoms with E-state index in [0.717, 1.165) is 29.8 Å². The van der Waals surface area contributed by atoms with Gasteiger partial charge in [-0.1, -0.05) is 23.7 Å². The number of alkyl halides is 1. The molecule has 2 rings (SSSR count). The maximum atomic E-state index is 6.00. The summed E-state index contributed by atoms with van der Waals surface area (Å²) in [5.41, 5.74) is 1.31. The summed E-state index contributed by atoms with van der Waals surface area (Å²) in [5, 5.41) is 0.830. The van der Waals surface area contributed by atoms with Crippen LogP contribution in [0.3, 0.4) is 0 Å². The van der Waals surface area contributed by atoms with Crippen LogP contribution >= 0.6 is 23.2 Å². The lowest BCUT2D eigenvalue weighted by Gasteiger charge is -2.32. The van der Waals surface area contributed by atoms with E-state index >= 15 is 0 Å². The van der Waals surface area contributed by atoms with Crippen LogP contribution in [0.5, 0.6) is 0 Å². The molecular weight excluding hydrogens is 253 g/mol. The van der Waals surface area contributed by atoms with Crippen LogP contribution in [0.2, 0.25) is 5.02 Å². The Morgan fingerprint density at radius 1 is 1.35 bits per heavy atom. The van der Waals surface area contributed by atoms with E-state index < -0.39 is 0 Å². The van der Waals surface area contributed by atoms with Crippen LogP contribution in [0.4, 0.5) is 0 Å². The molecule has 1 aromatic rings. The second-order valence-electron chi connectivity index (χ2n) is 4.85. The van der Waals surface area contributed by atoms with Gasteiger partial charge in [0.1, 0.15) is 0 Å². The predicted molar refractivity (Wildman–Crippen MR) is 74.8 cm³/mol. The monoisotopic (exact) mass is 271 g/mol. The third-order valence-corrected chi connectivity index (χ3v) is 3.87. The normalized spacial score (nSPS) is 21.6. The first-order valence-electron chi connectivity index (χ1n) is 6.30. The molecule has 1 atom stereocenters. The van der Waals surface area contributed by atoms with Crippen molar-refractivity contribution in [2.24, 2.45) is 5.92 Å². The number of piperidine rings is 1. The van der Waals surface area contributed by atoms with Crippen LogP contribution in [-0.2, 0) is 6.54 Å². The number of halogens is 2. The minimum absolute atomic E-state index is 0.778. The fraction of sp³-hybridized carbons (Fsp3) is 0.571. The summed E-state index contributed by atoms with van der Waals surface area (Å²) in [6, 6.07) is 8.17. The third-order valence-electron chi connectivity index (χ3n) is 3.42. The van der Waals surface area contributed by atoms with Crippen molar-refractivity contribution in [3.05, 3.63) is 34.9 Å². The molecule has 1 nitrogen and oxygen atoms in total. The Morgan fingerprint density at radius 2 is 2.24 bits per heavy atom. The first-order valence-corrected chi connectivity index (χ1v) is 7.22. The highest BCUT2D eigenvalue weighted by molar-refractivity contribution is 6.30. The summed E-state index contributed by atoms with van der Waals surface area (Å²) in [7, 11) is 0. The summed E-state index contributed by atoms with van der Waals surface area (Å²) in [6.07, 6.45) is 3.77. The molecule has 1 aromatic carbocycles. The first-order chi connectivity index (χ1) is 8.28. The van der Waals surface area contributed by atoms with E-state index in [4.69, 9.17) is 23.2 Å². The zero-order valence-corrected chi connectivity index (χ0v) is 11.6. The minimum Gasteiger partial charge on any atom is -0.299 e. The van der Waals surface area contributed by atoms with Gasteiger partial charge in [-0.3, -0.25) is 4.90 Å². The van der Waals surface area contributed by atoms with Crippen LogP contribution in [0.1, 0.15) is 24.8 Å². The van der Waals surface area contributed by atoms with Gasteiger partial charge < -0.3 is 0 Å². The molecule has 1 heterocycles. The van der Waals surface area contributed by atoms with Gasteiger partial charge in [0, 0.05) is 24.0 Å². The predicted octanol–water partition coefficient (Wildman–Crippen LogP) is 4.18. The topological polar surface area (TPSA) is 3.24 Å². The molecule has 0 N–H and O–H groups in total. The van der Waals surface area contributed by atoms with E-state index in [9.17, 15) is 0 Å². The molecule has 1 fully saturated rings. The van der Waals surface area contributed by atoms with Gasteiger partial charge in [-0.15, -0.1) is 11.6 Å². The zero-order chi connectivity index (χ0) is 12.1. The molecule has 0 aromatic heterocycles. The molecule has 0 saturated carbocycles. The number of rotatable bonds is 4. The van der Waals surface area contributed by atoms with Gasteiger partial charge in [0.25, 0.3) is 0 Å². The Balaban J connectivity index is 1.90. The van der Waals surface area contributed by atoms with Crippen molar-refractivity contribution in [1.82, 2.24) is 4.90 Å². The average molecular weight is 272 g/mol. The fourth-order valence-electron chi connectivity index (χ4n) is 2.58. The summed E-state index contributed by atoms with van der Waals surface area (Å²) in [5.74, 6) is 1.57. The second kappa shape index (κ2) is 6.63. The summed E-state index contributed by atoms with van der Waals surface area (Å²) in [6.45, 7) is 3.39. The van der Waals surface area contributed by atoms with E-state index in [1.165, 1.54) is 31.5 Å². The van der Waals surface area contributed by atoms with Gasteiger partial charge in [-0.05, 0) is 49.4 Å². The van der Waals surface area contributed by atoms with Gasteiger partial charge in [-0.2, -0.15) is 0 Å². The van der Waals surface area contributed by atoms with E-state index in [2.05, 4.69) is 17.0 Å². The van der Waals surface area contributed by atoms with Gasteiger partial charge in [-0.25, -0.2) is 0 Å². The lowest BCUT2D eigenvalue weighted by Crippen LogP contribution is -2.35. The van der Waals surface area contributed by atoms with Gasteiger partial charge in [0.15, 0.2) is 0 Å². The fourth-order valence-corrected chi connectivity index (χ4v) is 3.10. The quantitative estimate of drug-likeness (QED) is 0.743. The Morgan fingerprint density at radius 3 is 3.00 bits per heavy atom. The van der Waals surface area contributed by atoms with Crippen molar-refractivity contribution in [2.45, 2.75) is 25.8 Å². The zero-order valence-electron chi connectivity index (χ0n) is 10.0. The maximum absolute atomic E-state index is 6.00. The van der Waals surface area contributed by atoms with Crippen molar-refractivity contribution >= 4 is 23.2 Å². The Labute approximate surface area is 114 Å². The van der Waals surface area contributed by atoms with E-state index in [0.29, 0.717) is 0 Å². The van der Waals surface area contributed by atoms with Gasteiger partial charge in [0.2, 0.25) is 0 Å². The second-order valence-corrected chi connectivity index (χ2v) is 5.67. The van der Waals surface area contributed by atoms with Crippen molar-refractivity contribution in [3.63, 3.8) is 0 Å². The molecule has 1 aliphatic heterocycles. The van der Waals surface area contributed by atoms with Crippen LogP contribution < -0.4 is 0 Å². The molecule has 0 radical (unpaired) electrons. The van der Waals surface area contributed by atoms with Crippen molar-refractivity contribution in [2.75, 3.05) is 19.0 Å². The molecule has 1 unspecified atom stereocenters. The Bertz CT molecular complexity index is 352. The van der Waals surface area contributed by atoms with E-state index in [1.807, 2.05) is 12.1 Å². The molecule has 94 valence electrons. The number of benzene rings is 1. The highest BCUT2D eigenvalue weighted by Gasteiger charge is 2.19. The molecule has 1 saturated heterocycles. The van der Waals surface area contributed by atoms with E-state index in [-0.39, 0.29) is 0 Å². The molecule has 3 heteroatoms. The van der Waals surface area contributed by atoms with Crippen LogP contribution in [0.25, 0.3) is 0 Å². The molecule has 0 amide bonds. The minimum atomic E-state index is 0.778. The largest absolute Gasteiger partial charge is 0.299 e. The molecule has 17 heavy (non-hydrogen) atoms. The number of likely N-dealkylation sites (tertiary alicyclic amines) is 1. The number of hydrogen-bond acceptors (Lipinski definition) is 1. The average Bonchev–Trinajstić information content (AvgIpc) is 2.30. The van der Waals surface area contributed by atoms with Crippen molar-refractivity contribution in [3.8, 4) is 0 Å². The highest BCUT2D eigenvalue weighted by Crippen LogP contribution is 2.22. The lowest BCUT2D eigenvalue weighted by molar-refractivity contribution is 0.165. The number of hydrogen-bond donors (Lipinski definition) is 0. The van der Waals surface area contributed by atoms with Crippen LogP contribution in [0, 0.1) is 5.92 Å². The third kappa shape index (κ3) is 4.17.